The van der Waals surface area contributed by atoms with Crippen molar-refractivity contribution in [2.24, 2.45) is 0 Å². The maximum Gasteiger partial charge on any atom is 0.339 e. The van der Waals surface area contributed by atoms with Crippen molar-refractivity contribution in [3.8, 4) is 11.5 Å². The summed E-state index contributed by atoms with van der Waals surface area (Å²) in [7, 11) is 0. The first kappa shape index (κ1) is 26.1. The third-order valence-electron chi connectivity index (χ3n) is 4.66. The molecule has 1 aliphatic rings. The molecule has 2 N–H and O–H groups in total. The Balaban J connectivity index is 1.69. The molecular weight excluding hydrogens is 496 g/mol. The number of amides is 3. The zero-order chi connectivity index (χ0) is 25.5. The summed E-state index contributed by atoms with van der Waals surface area (Å²) >= 11 is 6.76. The molecule has 9 nitrogen and oxygen atoms in total. The van der Waals surface area contributed by atoms with Crippen molar-refractivity contribution in [3.05, 3.63) is 57.5 Å². The molecule has 0 bridgehead atoms. The average molecular weight is 519 g/mol. The second-order valence-electron chi connectivity index (χ2n) is 7.31. The van der Waals surface area contributed by atoms with Crippen LogP contribution in [0.1, 0.15) is 36.2 Å². The fourth-order valence-electron chi connectivity index (χ4n) is 3.06. The smallest absolute Gasteiger partial charge is 0.339 e. The zero-order valence-electron chi connectivity index (χ0n) is 19.0. The molecule has 0 unspecified atom stereocenters. The SMILES string of the molecule is CCCOC(=O)c1cc(NC(=O)CN2C(=O)S/C(=C/c3ccc(O)c(OCC)c3)C2=O)ccc1Cl. The average Bonchev–Trinajstić information content (AvgIpc) is 3.08. The van der Waals surface area contributed by atoms with Gasteiger partial charge in [-0.2, -0.15) is 0 Å². The lowest BCUT2D eigenvalue weighted by atomic mass is 10.2. The van der Waals surface area contributed by atoms with Crippen LogP contribution < -0.4 is 10.1 Å². The minimum atomic E-state index is -0.632. The van der Waals surface area contributed by atoms with E-state index < -0.39 is 29.6 Å². The van der Waals surface area contributed by atoms with E-state index in [0.29, 0.717) is 30.4 Å². The molecule has 3 rings (SSSR count). The van der Waals surface area contributed by atoms with Crippen LogP contribution >= 0.6 is 23.4 Å². The Morgan fingerprint density at radius 1 is 1.17 bits per heavy atom. The van der Waals surface area contributed by atoms with E-state index in [1.54, 1.807) is 19.1 Å². The molecule has 2 aromatic carbocycles. The van der Waals surface area contributed by atoms with Crippen LogP contribution in [0.25, 0.3) is 6.08 Å². The molecule has 35 heavy (non-hydrogen) atoms. The van der Waals surface area contributed by atoms with Crippen LogP contribution in [0.4, 0.5) is 10.5 Å². The predicted molar refractivity (Wildman–Crippen MR) is 133 cm³/mol. The van der Waals surface area contributed by atoms with E-state index in [4.69, 9.17) is 21.1 Å². The maximum absolute atomic E-state index is 12.8. The molecule has 1 fully saturated rings. The number of esters is 1. The molecule has 1 aliphatic heterocycles. The molecule has 0 saturated carbocycles. The van der Waals surface area contributed by atoms with Crippen LogP contribution in [0, 0.1) is 0 Å². The number of hydrogen-bond acceptors (Lipinski definition) is 8. The third-order valence-corrected chi connectivity index (χ3v) is 5.90. The number of thioether (sulfide) groups is 1. The summed E-state index contributed by atoms with van der Waals surface area (Å²) in [4.78, 5) is 50.8. The minimum absolute atomic E-state index is 0.0437. The number of rotatable bonds is 9. The topological polar surface area (TPSA) is 122 Å². The molecule has 0 spiro atoms. The van der Waals surface area contributed by atoms with Crippen LogP contribution in [0.5, 0.6) is 11.5 Å². The molecule has 0 atom stereocenters. The maximum atomic E-state index is 12.8. The van der Waals surface area contributed by atoms with Gasteiger partial charge in [-0.05, 0) is 67.1 Å². The molecular formula is C24H23ClN2O7S. The number of carbonyl (C=O) groups is 4. The monoisotopic (exact) mass is 518 g/mol. The number of anilines is 1. The second-order valence-corrected chi connectivity index (χ2v) is 8.71. The first-order chi connectivity index (χ1) is 16.7. The quantitative estimate of drug-likeness (QED) is 0.362. The third kappa shape index (κ3) is 6.55. The largest absolute Gasteiger partial charge is 0.504 e. The number of carbonyl (C=O) groups excluding carboxylic acids is 4. The van der Waals surface area contributed by atoms with Crippen molar-refractivity contribution in [1.82, 2.24) is 4.90 Å². The Bertz CT molecular complexity index is 1200. The summed E-state index contributed by atoms with van der Waals surface area (Å²) in [6.45, 7) is 3.69. The van der Waals surface area contributed by atoms with Gasteiger partial charge in [0.2, 0.25) is 5.91 Å². The van der Waals surface area contributed by atoms with E-state index >= 15 is 0 Å². The van der Waals surface area contributed by atoms with Crippen molar-refractivity contribution in [1.29, 1.82) is 0 Å². The molecule has 0 radical (unpaired) electrons. The second kappa shape index (κ2) is 11.8. The number of phenols is 1. The lowest BCUT2D eigenvalue weighted by Gasteiger charge is -2.13. The highest BCUT2D eigenvalue weighted by molar-refractivity contribution is 8.18. The lowest BCUT2D eigenvalue weighted by Crippen LogP contribution is -2.36. The number of phenolic OH excluding ortho intramolecular Hbond substituents is 1. The summed E-state index contributed by atoms with van der Waals surface area (Å²) in [5.74, 6) is -1.67. The number of ether oxygens (including phenoxy) is 2. The fraction of sp³-hybridized carbons (Fsp3) is 0.250. The van der Waals surface area contributed by atoms with Gasteiger partial charge in [-0.3, -0.25) is 19.3 Å². The lowest BCUT2D eigenvalue weighted by molar-refractivity contribution is -0.127. The molecule has 3 amide bonds. The Morgan fingerprint density at radius 2 is 1.94 bits per heavy atom. The van der Waals surface area contributed by atoms with Gasteiger partial charge >= 0.3 is 5.97 Å². The molecule has 11 heteroatoms. The van der Waals surface area contributed by atoms with E-state index in [1.165, 1.54) is 30.3 Å². The summed E-state index contributed by atoms with van der Waals surface area (Å²) in [6, 6.07) is 8.84. The molecule has 0 aliphatic carbocycles. The first-order valence-corrected chi connectivity index (χ1v) is 11.9. The minimum Gasteiger partial charge on any atom is -0.504 e. The Hall–Kier alpha value is -3.50. The molecule has 1 saturated heterocycles. The standard InChI is InChI=1S/C24H23ClN2O7S/c1-3-9-34-23(31)16-12-15(6-7-17(16)25)26-21(29)13-27-22(30)20(35-24(27)32)11-14-5-8-18(28)19(10-14)33-4-2/h5-8,10-12,28H,3-4,9,13H2,1-2H3,(H,26,29)/b20-11+. The van der Waals surface area contributed by atoms with Crippen LogP contribution in [-0.2, 0) is 14.3 Å². The molecule has 0 aromatic heterocycles. The van der Waals surface area contributed by atoms with E-state index in [0.717, 1.165) is 4.90 Å². The van der Waals surface area contributed by atoms with Crippen LogP contribution in [0.15, 0.2) is 41.3 Å². The summed E-state index contributed by atoms with van der Waals surface area (Å²) in [5, 5.41) is 12.0. The Morgan fingerprint density at radius 3 is 2.66 bits per heavy atom. The number of aromatic hydroxyl groups is 1. The van der Waals surface area contributed by atoms with E-state index in [1.807, 2.05) is 6.92 Å². The normalized spacial score (nSPS) is 14.4. The van der Waals surface area contributed by atoms with Gasteiger partial charge in [0.25, 0.3) is 11.1 Å². The van der Waals surface area contributed by atoms with Gasteiger partial charge in [0.1, 0.15) is 6.54 Å². The molecule has 1 heterocycles. The summed E-state index contributed by atoms with van der Waals surface area (Å²) < 4.78 is 10.4. The molecule has 2 aromatic rings. The number of nitrogens with zero attached hydrogens (tertiary/aromatic N) is 1. The van der Waals surface area contributed by atoms with Gasteiger partial charge in [-0.15, -0.1) is 0 Å². The van der Waals surface area contributed by atoms with Crippen molar-refractivity contribution in [2.75, 3.05) is 25.1 Å². The van der Waals surface area contributed by atoms with Gasteiger partial charge in [-0.1, -0.05) is 24.6 Å². The molecule has 184 valence electrons. The van der Waals surface area contributed by atoms with Gasteiger partial charge in [0.15, 0.2) is 11.5 Å². The number of imide groups is 1. The predicted octanol–water partition coefficient (Wildman–Crippen LogP) is 4.69. The van der Waals surface area contributed by atoms with Crippen molar-refractivity contribution in [2.45, 2.75) is 20.3 Å². The van der Waals surface area contributed by atoms with Crippen LogP contribution in [-0.4, -0.2) is 52.8 Å². The van der Waals surface area contributed by atoms with E-state index in [2.05, 4.69) is 5.32 Å². The summed E-state index contributed by atoms with van der Waals surface area (Å²) in [5.41, 5.74) is 0.898. The highest BCUT2D eigenvalue weighted by Gasteiger charge is 2.36. The van der Waals surface area contributed by atoms with Crippen molar-refractivity contribution < 1.29 is 33.8 Å². The highest BCUT2D eigenvalue weighted by atomic mass is 35.5. The van der Waals surface area contributed by atoms with Gasteiger partial charge in [-0.25, -0.2) is 4.79 Å². The van der Waals surface area contributed by atoms with E-state index in [-0.39, 0.29) is 39.3 Å². The van der Waals surface area contributed by atoms with Crippen LogP contribution in [0.2, 0.25) is 5.02 Å². The van der Waals surface area contributed by atoms with E-state index in [9.17, 15) is 24.3 Å². The van der Waals surface area contributed by atoms with Crippen LogP contribution in [0.3, 0.4) is 0 Å². The van der Waals surface area contributed by atoms with Gasteiger partial charge in [0, 0.05) is 5.69 Å². The van der Waals surface area contributed by atoms with Crippen molar-refractivity contribution in [3.63, 3.8) is 0 Å². The number of benzene rings is 2. The number of hydrogen-bond donors (Lipinski definition) is 2. The van der Waals surface area contributed by atoms with Crippen molar-refractivity contribution >= 4 is 58.1 Å². The number of nitrogens with one attached hydrogen (secondary N) is 1. The van der Waals surface area contributed by atoms with Gasteiger partial charge in [0.05, 0.1) is 28.7 Å². The Kier molecular flexibility index (Phi) is 8.78. The summed E-state index contributed by atoms with van der Waals surface area (Å²) in [6.07, 6.45) is 2.13. The first-order valence-electron chi connectivity index (χ1n) is 10.7. The highest BCUT2D eigenvalue weighted by Crippen LogP contribution is 2.34. The Labute approximate surface area is 211 Å². The fourth-order valence-corrected chi connectivity index (χ4v) is 4.09. The number of halogens is 1. The van der Waals surface area contributed by atoms with Gasteiger partial charge < -0.3 is 19.9 Å². The zero-order valence-corrected chi connectivity index (χ0v) is 20.6.